The SMILES string of the molecule is CSc1nc(C(=O)N(C)[C@@H](C)Cc2cnccn2)cs1. The van der Waals surface area contributed by atoms with E-state index >= 15 is 0 Å². The number of carbonyl (C=O) groups is 1. The molecule has 0 saturated carbocycles. The molecule has 2 rings (SSSR count). The van der Waals surface area contributed by atoms with Crippen molar-refractivity contribution in [2.24, 2.45) is 0 Å². The van der Waals surface area contributed by atoms with E-state index in [9.17, 15) is 4.79 Å². The van der Waals surface area contributed by atoms with E-state index in [4.69, 9.17) is 0 Å². The van der Waals surface area contributed by atoms with Gasteiger partial charge in [-0.2, -0.15) is 0 Å². The maximum Gasteiger partial charge on any atom is 0.273 e. The van der Waals surface area contributed by atoms with E-state index in [1.54, 1.807) is 47.7 Å². The van der Waals surface area contributed by atoms with E-state index in [1.165, 1.54) is 11.3 Å². The van der Waals surface area contributed by atoms with E-state index in [0.717, 1.165) is 10.0 Å². The molecule has 0 unspecified atom stereocenters. The molecule has 0 aromatic carbocycles. The maximum absolute atomic E-state index is 12.3. The Morgan fingerprint density at radius 2 is 2.30 bits per heavy atom. The summed E-state index contributed by atoms with van der Waals surface area (Å²) in [6, 6.07) is 0.0404. The Labute approximate surface area is 126 Å². The molecule has 106 valence electrons. The van der Waals surface area contributed by atoms with Crippen molar-refractivity contribution in [1.29, 1.82) is 0 Å². The van der Waals surface area contributed by atoms with Gasteiger partial charge in [0.2, 0.25) is 0 Å². The topological polar surface area (TPSA) is 59.0 Å². The second-order valence-electron chi connectivity index (χ2n) is 4.37. The number of thioether (sulfide) groups is 1. The fraction of sp³-hybridized carbons (Fsp3) is 0.385. The molecule has 20 heavy (non-hydrogen) atoms. The van der Waals surface area contributed by atoms with Crippen LogP contribution in [0.2, 0.25) is 0 Å². The smallest absolute Gasteiger partial charge is 0.273 e. The first-order valence-corrected chi connectivity index (χ1v) is 8.23. The number of hydrogen-bond donors (Lipinski definition) is 0. The van der Waals surface area contributed by atoms with Gasteiger partial charge in [0.05, 0.1) is 5.69 Å². The van der Waals surface area contributed by atoms with Crippen LogP contribution < -0.4 is 0 Å². The third kappa shape index (κ3) is 3.55. The van der Waals surface area contributed by atoms with Crippen LogP contribution in [0.15, 0.2) is 28.3 Å². The Balaban J connectivity index is 2.02. The first-order chi connectivity index (χ1) is 9.61. The van der Waals surface area contributed by atoms with Gasteiger partial charge in [-0.1, -0.05) is 11.8 Å². The summed E-state index contributed by atoms with van der Waals surface area (Å²) in [5, 5.41) is 1.81. The first kappa shape index (κ1) is 14.9. The van der Waals surface area contributed by atoms with Crippen LogP contribution in [0.3, 0.4) is 0 Å². The summed E-state index contributed by atoms with van der Waals surface area (Å²) < 4.78 is 0.906. The third-order valence-corrected chi connectivity index (χ3v) is 4.84. The van der Waals surface area contributed by atoms with Crippen LogP contribution >= 0.6 is 23.1 Å². The molecule has 0 bridgehead atoms. The quantitative estimate of drug-likeness (QED) is 0.794. The molecule has 2 heterocycles. The van der Waals surface area contributed by atoms with E-state index in [0.29, 0.717) is 12.1 Å². The normalized spacial score (nSPS) is 12.2. The predicted molar refractivity (Wildman–Crippen MR) is 81.2 cm³/mol. The lowest BCUT2D eigenvalue weighted by Gasteiger charge is -2.23. The van der Waals surface area contributed by atoms with Crippen molar-refractivity contribution in [3.05, 3.63) is 35.4 Å². The van der Waals surface area contributed by atoms with Gasteiger partial charge in [-0.15, -0.1) is 11.3 Å². The molecule has 1 amide bonds. The van der Waals surface area contributed by atoms with Gasteiger partial charge in [-0.25, -0.2) is 4.98 Å². The fourth-order valence-corrected chi connectivity index (χ4v) is 2.94. The molecule has 0 aliphatic rings. The molecule has 5 nitrogen and oxygen atoms in total. The lowest BCUT2D eigenvalue weighted by molar-refractivity contribution is 0.0737. The lowest BCUT2D eigenvalue weighted by Crippen LogP contribution is -2.36. The van der Waals surface area contributed by atoms with Gasteiger partial charge < -0.3 is 4.90 Å². The highest BCUT2D eigenvalue weighted by atomic mass is 32.2. The number of thiazole rings is 1. The van der Waals surface area contributed by atoms with Gasteiger partial charge in [0.1, 0.15) is 10.0 Å². The van der Waals surface area contributed by atoms with Crippen LogP contribution in [0.4, 0.5) is 0 Å². The summed E-state index contributed by atoms with van der Waals surface area (Å²) in [6.45, 7) is 1.99. The summed E-state index contributed by atoms with van der Waals surface area (Å²) in [5.74, 6) is -0.0575. The van der Waals surface area contributed by atoms with Crippen molar-refractivity contribution in [3.63, 3.8) is 0 Å². The van der Waals surface area contributed by atoms with Crippen molar-refractivity contribution in [2.75, 3.05) is 13.3 Å². The lowest BCUT2D eigenvalue weighted by atomic mass is 10.1. The van der Waals surface area contributed by atoms with Crippen LogP contribution in [0.1, 0.15) is 23.1 Å². The minimum absolute atomic E-state index is 0.0404. The predicted octanol–water partition coefficient (Wildman–Crippen LogP) is 2.36. The molecule has 0 saturated heterocycles. The molecule has 2 aromatic rings. The molecule has 7 heteroatoms. The van der Waals surface area contributed by atoms with Crippen molar-refractivity contribution in [2.45, 2.75) is 23.7 Å². The summed E-state index contributed by atoms with van der Waals surface area (Å²) in [5.41, 5.74) is 1.38. The highest BCUT2D eigenvalue weighted by Gasteiger charge is 2.20. The fourth-order valence-electron chi connectivity index (χ4n) is 1.71. The number of aromatic nitrogens is 3. The summed E-state index contributed by atoms with van der Waals surface area (Å²) in [4.78, 5) is 26.6. The number of carbonyl (C=O) groups excluding carboxylic acids is 1. The van der Waals surface area contributed by atoms with Crippen molar-refractivity contribution >= 4 is 29.0 Å². The Kier molecular flexibility index (Phi) is 5.08. The summed E-state index contributed by atoms with van der Waals surface area (Å²) in [7, 11) is 1.79. The van der Waals surface area contributed by atoms with Gasteiger partial charge in [0, 0.05) is 43.5 Å². The Hall–Kier alpha value is -1.47. The molecule has 2 aromatic heterocycles. The zero-order chi connectivity index (χ0) is 14.5. The van der Waals surface area contributed by atoms with Crippen LogP contribution in [0.5, 0.6) is 0 Å². The van der Waals surface area contributed by atoms with Crippen molar-refractivity contribution in [1.82, 2.24) is 19.9 Å². The van der Waals surface area contributed by atoms with Crippen LogP contribution in [0.25, 0.3) is 0 Å². The highest BCUT2D eigenvalue weighted by Crippen LogP contribution is 2.21. The largest absolute Gasteiger partial charge is 0.337 e. The molecule has 0 spiro atoms. The average Bonchev–Trinajstić information content (AvgIpc) is 2.95. The number of hydrogen-bond acceptors (Lipinski definition) is 6. The van der Waals surface area contributed by atoms with Crippen molar-refractivity contribution in [3.8, 4) is 0 Å². The number of rotatable bonds is 5. The highest BCUT2D eigenvalue weighted by molar-refractivity contribution is 8.00. The Bertz CT molecular complexity index is 573. The zero-order valence-corrected chi connectivity index (χ0v) is 13.2. The molecule has 0 radical (unpaired) electrons. The molecule has 0 aliphatic carbocycles. The maximum atomic E-state index is 12.3. The minimum atomic E-state index is -0.0575. The molecular weight excluding hydrogens is 292 g/mol. The van der Waals surface area contributed by atoms with Crippen LogP contribution in [-0.4, -0.2) is 45.1 Å². The van der Waals surface area contributed by atoms with E-state index < -0.39 is 0 Å². The van der Waals surface area contributed by atoms with Gasteiger partial charge in [-0.3, -0.25) is 14.8 Å². The minimum Gasteiger partial charge on any atom is -0.337 e. The molecule has 0 N–H and O–H groups in total. The number of likely N-dealkylation sites (N-methyl/N-ethyl adjacent to an activating group) is 1. The first-order valence-electron chi connectivity index (χ1n) is 6.13. The number of nitrogens with zero attached hydrogens (tertiary/aromatic N) is 4. The Morgan fingerprint density at radius 3 is 2.90 bits per heavy atom. The average molecular weight is 308 g/mol. The number of amides is 1. The molecular formula is C13H16N4OS2. The van der Waals surface area contributed by atoms with Gasteiger partial charge >= 0.3 is 0 Å². The monoisotopic (exact) mass is 308 g/mol. The van der Waals surface area contributed by atoms with Crippen LogP contribution in [0, 0.1) is 0 Å². The van der Waals surface area contributed by atoms with Gasteiger partial charge in [0.25, 0.3) is 5.91 Å². The molecule has 0 fully saturated rings. The second-order valence-corrected chi connectivity index (χ2v) is 6.28. The van der Waals surface area contributed by atoms with E-state index in [1.807, 2.05) is 13.2 Å². The van der Waals surface area contributed by atoms with Crippen molar-refractivity contribution < 1.29 is 4.79 Å². The molecule has 0 aliphatic heterocycles. The second kappa shape index (κ2) is 6.81. The van der Waals surface area contributed by atoms with E-state index in [-0.39, 0.29) is 11.9 Å². The Morgan fingerprint density at radius 1 is 1.50 bits per heavy atom. The summed E-state index contributed by atoms with van der Waals surface area (Å²) in [6.07, 6.45) is 7.66. The van der Waals surface area contributed by atoms with E-state index in [2.05, 4.69) is 15.0 Å². The third-order valence-electron chi connectivity index (χ3n) is 2.98. The van der Waals surface area contributed by atoms with Gasteiger partial charge in [-0.05, 0) is 13.2 Å². The molecule has 1 atom stereocenters. The van der Waals surface area contributed by atoms with Crippen LogP contribution in [-0.2, 0) is 6.42 Å². The zero-order valence-electron chi connectivity index (χ0n) is 11.6. The summed E-state index contributed by atoms with van der Waals surface area (Å²) >= 11 is 3.04. The standard InChI is InChI=1S/C13H16N4OS2/c1-9(6-10-7-14-4-5-15-10)17(2)12(18)11-8-20-13(16-11)19-3/h4-5,7-9H,6H2,1-3H3/t9-/m0/s1. The van der Waals surface area contributed by atoms with Gasteiger partial charge in [0.15, 0.2) is 0 Å².